The van der Waals surface area contributed by atoms with Gasteiger partial charge in [0.05, 0.1) is 18.7 Å². The first-order valence-corrected chi connectivity index (χ1v) is 8.21. The van der Waals surface area contributed by atoms with E-state index >= 15 is 0 Å². The van der Waals surface area contributed by atoms with Gasteiger partial charge in [-0.15, -0.1) is 0 Å². The number of aromatic nitrogens is 2. The lowest BCUT2D eigenvalue weighted by molar-refractivity contribution is -0.128. The zero-order valence-corrected chi connectivity index (χ0v) is 14.5. The van der Waals surface area contributed by atoms with Crippen LogP contribution < -0.4 is 5.32 Å². The van der Waals surface area contributed by atoms with Crippen molar-refractivity contribution in [3.63, 3.8) is 0 Å². The van der Waals surface area contributed by atoms with Crippen molar-refractivity contribution >= 4 is 6.47 Å². The molecule has 1 aromatic heterocycles. The Kier molecular flexibility index (Phi) is 7.49. The SMILES string of the molecule is CCOC=O.Cc1ccc(F)c(-c2nc(CN3CCNCC3)no2)c1. The summed E-state index contributed by atoms with van der Waals surface area (Å²) in [6.07, 6.45) is 0. The van der Waals surface area contributed by atoms with Gasteiger partial charge in [-0.3, -0.25) is 9.69 Å². The molecule has 2 heterocycles. The van der Waals surface area contributed by atoms with Gasteiger partial charge in [-0.05, 0) is 26.0 Å². The summed E-state index contributed by atoms with van der Waals surface area (Å²) >= 11 is 0. The molecule has 1 fully saturated rings. The van der Waals surface area contributed by atoms with E-state index in [-0.39, 0.29) is 11.7 Å². The quantitative estimate of drug-likeness (QED) is 0.823. The molecule has 3 rings (SSSR count). The van der Waals surface area contributed by atoms with Gasteiger partial charge in [0.15, 0.2) is 5.82 Å². The number of rotatable bonds is 5. The zero-order valence-electron chi connectivity index (χ0n) is 14.5. The largest absolute Gasteiger partial charge is 0.468 e. The van der Waals surface area contributed by atoms with Gasteiger partial charge < -0.3 is 14.6 Å². The molecular weight excluding hydrogens is 327 g/mol. The molecule has 0 radical (unpaired) electrons. The highest BCUT2D eigenvalue weighted by atomic mass is 19.1. The number of piperazine rings is 1. The van der Waals surface area contributed by atoms with Crippen LogP contribution in [0.25, 0.3) is 11.5 Å². The Balaban J connectivity index is 0.000000399. The van der Waals surface area contributed by atoms with E-state index in [0.717, 1.165) is 31.7 Å². The molecule has 0 saturated carbocycles. The van der Waals surface area contributed by atoms with Crippen LogP contribution in [0.15, 0.2) is 22.7 Å². The molecule has 0 atom stereocenters. The standard InChI is InChI=1S/C14H17FN4O.C3H6O2/c1-10-2-3-12(15)11(8-10)14-17-13(18-20-14)9-19-6-4-16-5-7-19;1-2-5-3-4/h2-3,8,16H,4-7,9H2,1H3;3H,2H2,1H3. The second-order valence-corrected chi connectivity index (χ2v) is 5.58. The molecule has 1 aromatic carbocycles. The number of ether oxygens (including phenoxy) is 1. The summed E-state index contributed by atoms with van der Waals surface area (Å²) in [5.41, 5.74) is 1.33. The molecule has 0 unspecified atom stereocenters. The summed E-state index contributed by atoms with van der Waals surface area (Å²) in [4.78, 5) is 15.7. The molecule has 0 amide bonds. The molecular formula is C17H23FN4O3. The van der Waals surface area contributed by atoms with Crippen LogP contribution in [0.4, 0.5) is 4.39 Å². The number of hydrogen-bond acceptors (Lipinski definition) is 7. The molecule has 8 heteroatoms. The van der Waals surface area contributed by atoms with Crippen molar-refractivity contribution in [1.29, 1.82) is 0 Å². The topological polar surface area (TPSA) is 80.5 Å². The minimum absolute atomic E-state index is 0.247. The summed E-state index contributed by atoms with van der Waals surface area (Å²) in [7, 11) is 0. The maximum absolute atomic E-state index is 13.8. The second-order valence-electron chi connectivity index (χ2n) is 5.58. The van der Waals surface area contributed by atoms with Crippen LogP contribution in [0.2, 0.25) is 0 Å². The van der Waals surface area contributed by atoms with Gasteiger partial charge >= 0.3 is 0 Å². The van der Waals surface area contributed by atoms with Crippen LogP contribution >= 0.6 is 0 Å². The Morgan fingerprint density at radius 3 is 2.80 bits per heavy atom. The molecule has 1 N–H and O–H groups in total. The predicted octanol–water partition coefficient (Wildman–Crippen LogP) is 1.77. The molecule has 1 aliphatic rings. The van der Waals surface area contributed by atoms with Crippen molar-refractivity contribution in [3.8, 4) is 11.5 Å². The van der Waals surface area contributed by atoms with Crippen molar-refractivity contribution < 1.29 is 18.4 Å². The Hall–Kier alpha value is -2.32. The van der Waals surface area contributed by atoms with E-state index < -0.39 is 0 Å². The van der Waals surface area contributed by atoms with E-state index in [2.05, 4.69) is 25.1 Å². The van der Waals surface area contributed by atoms with Gasteiger partial charge in [0.25, 0.3) is 12.4 Å². The number of nitrogens with one attached hydrogen (secondary N) is 1. The fourth-order valence-electron chi connectivity index (χ4n) is 2.37. The van der Waals surface area contributed by atoms with Gasteiger partial charge in [0, 0.05) is 26.2 Å². The summed E-state index contributed by atoms with van der Waals surface area (Å²) in [5.74, 6) is 0.507. The van der Waals surface area contributed by atoms with Crippen molar-refractivity contribution in [3.05, 3.63) is 35.4 Å². The average molecular weight is 350 g/mol. The maximum Gasteiger partial charge on any atom is 0.293 e. The van der Waals surface area contributed by atoms with Gasteiger partial charge in [-0.2, -0.15) is 4.98 Å². The Bertz CT molecular complexity index is 672. The smallest absolute Gasteiger partial charge is 0.293 e. The molecule has 0 bridgehead atoms. The fourth-order valence-corrected chi connectivity index (χ4v) is 2.37. The van der Waals surface area contributed by atoms with Crippen LogP contribution in [-0.2, 0) is 16.1 Å². The van der Waals surface area contributed by atoms with Crippen LogP contribution in [0.5, 0.6) is 0 Å². The molecule has 2 aromatic rings. The lowest BCUT2D eigenvalue weighted by Crippen LogP contribution is -2.43. The normalized spacial score (nSPS) is 14.5. The summed E-state index contributed by atoms with van der Waals surface area (Å²) in [5, 5.41) is 7.23. The first kappa shape index (κ1) is 19.0. The first-order chi connectivity index (χ1) is 12.1. The van der Waals surface area contributed by atoms with Crippen LogP contribution in [0, 0.1) is 12.7 Å². The highest BCUT2D eigenvalue weighted by molar-refractivity contribution is 5.55. The molecule has 136 valence electrons. The van der Waals surface area contributed by atoms with Gasteiger partial charge in [-0.1, -0.05) is 16.8 Å². The Morgan fingerprint density at radius 2 is 2.16 bits per heavy atom. The van der Waals surface area contributed by atoms with E-state index in [9.17, 15) is 9.18 Å². The Labute approximate surface area is 146 Å². The van der Waals surface area contributed by atoms with E-state index in [4.69, 9.17) is 4.52 Å². The molecule has 7 nitrogen and oxygen atoms in total. The van der Waals surface area contributed by atoms with Crippen LogP contribution in [0.3, 0.4) is 0 Å². The number of carbonyl (C=O) groups is 1. The highest BCUT2D eigenvalue weighted by Gasteiger charge is 2.16. The van der Waals surface area contributed by atoms with Crippen molar-refractivity contribution in [2.45, 2.75) is 20.4 Å². The van der Waals surface area contributed by atoms with Gasteiger partial charge in [0.2, 0.25) is 0 Å². The number of nitrogens with zero attached hydrogens (tertiary/aromatic N) is 3. The number of aryl methyl sites for hydroxylation is 1. The van der Waals surface area contributed by atoms with Gasteiger partial charge in [-0.25, -0.2) is 4.39 Å². The molecule has 25 heavy (non-hydrogen) atoms. The van der Waals surface area contributed by atoms with Crippen molar-refractivity contribution in [2.24, 2.45) is 0 Å². The third-order valence-electron chi connectivity index (χ3n) is 3.63. The summed E-state index contributed by atoms with van der Waals surface area (Å²) < 4.78 is 23.1. The number of halogens is 1. The summed E-state index contributed by atoms with van der Waals surface area (Å²) in [6, 6.07) is 4.86. The highest BCUT2D eigenvalue weighted by Crippen LogP contribution is 2.22. The average Bonchev–Trinajstić information content (AvgIpc) is 3.07. The number of benzene rings is 1. The fraction of sp³-hybridized carbons (Fsp3) is 0.471. The predicted molar refractivity (Wildman–Crippen MR) is 90.3 cm³/mol. The van der Waals surface area contributed by atoms with Crippen LogP contribution in [-0.4, -0.2) is 54.3 Å². The molecule has 1 saturated heterocycles. The van der Waals surface area contributed by atoms with Crippen molar-refractivity contribution in [2.75, 3.05) is 32.8 Å². The van der Waals surface area contributed by atoms with Gasteiger partial charge in [0.1, 0.15) is 5.82 Å². The maximum atomic E-state index is 13.8. The molecule has 0 aliphatic carbocycles. The third-order valence-corrected chi connectivity index (χ3v) is 3.63. The first-order valence-electron chi connectivity index (χ1n) is 8.21. The van der Waals surface area contributed by atoms with Crippen LogP contribution in [0.1, 0.15) is 18.3 Å². The monoisotopic (exact) mass is 350 g/mol. The lowest BCUT2D eigenvalue weighted by atomic mass is 10.1. The lowest BCUT2D eigenvalue weighted by Gasteiger charge is -2.25. The van der Waals surface area contributed by atoms with Crippen molar-refractivity contribution in [1.82, 2.24) is 20.4 Å². The second kappa shape index (κ2) is 9.85. The summed E-state index contributed by atoms with van der Waals surface area (Å²) in [6.45, 7) is 9.07. The van der Waals surface area contributed by atoms with E-state index in [1.54, 1.807) is 19.1 Å². The molecule has 1 aliphatic heterocycles. The minimum Gasteiger partial charge on any atom is -0.468 e. The van der Waals surface area contributed by atoms with E-state index in [1.165, 1.54) is 6.07 Å². The minimum atomic E-state index is -0.340. The molecule has 0 spiro atoms. The zero-order chi connectivity index (χ0) is 18.1. The Morgan fingerprint density at radius 1 is 1.40 bits per heavy atom. The third kappa shape index (κ3) is 5.91. The number of carbonyl (C=O) groups excluding carboxylic acids is 1. The van der Waals surface area contributed by atoms with E-state index in [0.29, 0.717) is 31.0 Å². The van der Waals surface area contributed by atoms with E-state index in [1.807, 2.05) is 6.92 Å². The number of hydrogen-bond donors (Lipinski definition) is 1.